The predicted octanol–water partition coefficient (Wildman–Crippen LogP) is 4.23. The van der Waals surface area contributed by atoms with Gasteiger partial charge in [0.15, 0.2) is 11.8 Å². The Morgan fingerprint density at radius 1 is 1.30 bits per heavy atom. The molecule has 2 aromatic rings. The molecule has 1 atom stereocenters. The molecular formula is C21H32ClIN6O. The number of aromatic nitrogens is 3. The van der Waals surface area contributed by atoms with Gasteiger partial charge in [-0.3, -0.25) is 0 Å². The lowest BCUT2D eigenvalue weighted by Crippen LogP contribution is -2.45. The minimum atomic E-state index is -0.0115. The van der Waals surface area contributed by atoms with Gasteiger partial charge < -0.3 is 19.9 Å². The maximum Gasteiger partial charge on any atom is 0.192 e. The van der Waals surface area contributed by atoms with E-state index in [-0.39, 0.29) is 30.1 Å². The molecule has 0 radical (unpaired) electrons. The van der Waals surface area contributed by atoms with Crippen molar-refractivity contribution in [3.8, 4) is 5.75 Å². The van der Waals surface area contributed by atoms with Gasteiger partial charge in [0, 0.05) is 13.1 Å². The van der Waals surface area contributed by atoms with Crippen LogP contribution in [0.15, 0.2) is 29.3 Å². The van der Waals surface area contributed by atoms with E-state index in [1.807, 2.05) is 42.8 Å². The highest BCUT2D eigenvalue weighted by Crippen LogP contribution is 2.24. The summed E-state index contributed by atoms with van der Waals surface area (Å²) in [5.74, 6) is 3.22. The lowest BCUT2D eigenvalue weighted by molar-refractivity contribution is 0.199. The highest BCUT2D eigenvalue weighted by molar-refractivity contribution is 14.0. The van der Waals surface area contributed by atoms with Crippen molar-refractivity contribution in [2.45, 2.75) is 64.6 Å². The molecule has 0 bridgehead atoms. The highest BCUT2D eigenvalue weighted by Gasteiger charge is 2.18. The van der Waals surface area contributed by atoms with E-state index in [4.69, 9.17) is 21.3 Å². The average molecular weight is 547 g/mol. The van der Waals surface area contributed by atoms with Gasteiger partial charge >= 0.3 is 0 Å². The van der Waals surface area contributed by atoms with E-state index < -0.39 is 0 Å². The van der Waals surface area contributed by atoms with E-state index in [0.29, 0.717) is 29.9 Å². The standard InChI is InChI=1S/C21H31ClN6O.HI/c1-4-17(29-19-12-8-7-11-18(19)22)13-23-21(25-16-9-5-6-10-16)24-14-20-27-26-15(2)28(20)3;/h7-8,11-12,16-17H,4-6,9-10,13-14H2,1-3H3,(H2,23,24,25);1H. The maximum absolute atomic E-state index is 6.24. The number of rotatable bonds is 8. The van der Waals surface area contributed by atoms with Crippen molar-refractivity contribution in [1.29, 1.82) is 0 Å². The number of nitrogens with one attached hydrogen (secondary N) is 2. The Kier molecular flexibility index (Phi) is 10.2. The van der Waals surface area contributed by atoms with E-state index in [1.54, 1.807) is 0 Å². The molecule has 9 heteroatoms. The van der Waals surface area contributed by atoms with Crippen LogP contribution >= 0.6 is 35.6 Å². The zero-order chi connectivity index (χ0) is 20.6. The summed E-state index contributed by atoms with van der Waals surface area (Å²) in [5, 5.41) is 16.0. The first-order valence-electron chi connectivity index (χ1n) is 10.4. The second-order valence-corrected chi connectivity index (χ2v) is 7.88. The van der Waals surface area contributed by atoms with Gasteiger partial charge in [0.25, 0.3) is 0 Å². The van der Waals surface area contributed by atoms with Gasteiger partial charge in [0.1, 0.15) is 24.2 Å². The maximum atomic E-state index is 6.24. The normalized spacial score (nSPS) is 15.5. The molecule has 3 rings (SSSR count). The monoisotopic (exact) mass is 546 g/mol. The summed E-state index contributed by atoms with van der Waals surface area (Å²) in [7, 11) is 1.96. The summed E-state index contributed by atoms with van der Waals surface area (Å²) in [6.45, 7) is 5.15. The van der Waals surface area contributed by atoms with E-state index >= 15 is 0 Å². The summed E-state index contributed by atoms with van der Waals surface area (Å²) in [6, 6.07) is 8.03. The van der Waals surface area contributed by atoms with Crippen molar-refractivity contribution in [1.82, 2.24) is 25.4 Å². The molecule has 0 amide bonds. The Labute approximate surface area is 201 Å². The fourth-order valence-corrected chi connectivity index (χ4v) is 3.53. The lowest BCUT2D eigenvalue weighted by Gasteiger charge is -2.22. The second-order valence-electron chi connectivity index (χ2n) is 7.47. The largest absolute Gasteiger partial charge is 0.487 e. The third kappa shape index (κ3) is 7.01. The Morgan fingerprint density at radius 2 is 2.03 bits per heavy atom. The number of aryl methyl sites for hydroxylation is 1. The number of nitrogens with zero attached hydrogens (tertiary/aromatic N) is 4. The SMILES string of the molecule is CCC(CNC(=NCc1nnc(C)n1C)NC1CCCC1)Oc1ccccc1Cl.I. The van der Waals surface area contributed by atoms with Crippen LogP contribution in [-0.2, 0) is 13.6 Å². The molecule has 30 heavy (non-hydrogen) atoms. The number of aliphatic imine (C=N–C) groups is 1. The van der Waals surface area contributed by atoms with Crippen LogP contribution in [0, 0.1) is 6.92 Å². The number of para-hydroxylation sites is 1. The fourth-order valence-electron chi connectivity index (χ4n) is 3.35. The van der Waals surface area contributed by atoms with E-state index in [0.717, 1.165) is 24.0 Å². The molecule has 0 aliphatic heterocycles. The Morgan fingerprint density at radius 3 is 2.67 bits per heavy atom. The lowest BCUT2D eigenvalue weighted by atomic mass is 10.2. The molecule has 166 valence electrons. The van der Waals surface area contributed by atoms with Gasteiger partial charge in [-0.05, 0) is 38.3 Å². The minimum Gasteiger partial charge on any atom is -0.487 e. The van der Waals surface area contributed by atoms with Crippen molar-refractivity contribution >= 4 is 41.5 Å². The number of benzene rings is 1. The third-order valence-corrected chi connectivity index (χ3v) is 5.65. The van der Waals surface area contributed by atoms with Crippen molar-refractivity contribution in [2.24, 2.45) is 12.0 Å². The van der Waals surface area contributed by atoms with Crippen LogP contribution in [0.2, 0.25) is 5.02 Å². The third-order valence-electron chi connectivity index (χ3n) is 5.34. The van der Waals surface area contributed by atoms with Crippen LogP contribution in [0.4, 0.5) is 0 Å². The quantitative estimate of drug-likeness (QED) is 0.294. The molecule has 0 saturated heterocycles. The van der Waals surface area contributed by atoms with Crippen LogP contribution in [0.3, 0.4) is 0 Å². The molecular weight excluding hydrogens is 515 g/mol. The topological polar surface area (TPSA) is 76.4 Å². The molecule has 1 fully saturated rings. The smallest absolute Gasteiger partial charge is 0.192 e. The number of halogens is 2. The summed E-state index contributed by atoms with van der Waals surface area (Å²) in [4.78, 5) is 4.75. The predicted molar refractivity (Wildman–Crippen MR) is 132 cm³/mol. The van der Waals surface area contributed by atoms with Crippen molar-refractivity contribution in [2.75, 3.05) is 6.54 Å². The van der Waals surface area contributed by atoms with Crippen LogP contribution in [0.1, 0.15) is 50.7 Å². The van der Waals surface area contributed by atoms with E-state index in [2.05, 4.69) is 27.8 Å². The number of guanidine groups is 1. The first-order valence-corrected chi connectivity index (χ1v) is 10.8. The zero-order valence-electron chi connectivity index (χ0n) is 17.9. The van der Waals surface area contributed by atoms with Crippen molar-refractivity contribution < 1.29 is 4.74 Å². The van der Waals surface area contributed by atoms with Crippen LogP contribution in [0.25, 0.3) is 0 Å². The molecule has 2 N–H and O–H groups in total. The first-order chi connectivity index (χ1) is 14.1. The summed E-state index contributed by atoms with van der Waals surface area (Å²) in [5.41, 5.74) is 0. The molecule has 1 aliphatic rings. The first kappa shape index (κ1) is 24.7. The van der Waals surface area contributed by atoms with Gasteiger partial charge in [-0.2, -0.15) is 0 Å². The van der Waals surface area contributed by atoms with Gasteiger partial charge in [-0.25, -0.2) is 4.99 Å². The second kappa shape index (κ2) is 12.3. The molecule has 1 heterocycles. The van der Waals surface area contributed by atoms with Crippen LogP contribution in [0.5, 0.6) is 5.75 Å². The highest BCUT2D eigenvalue weighted by atomic mass is 127. The van der Waals surface area contributed by atoms with Gasteiger partial charge in [0.05, 0.1) is 11.6 Å². The number of hydrogen-bond donors (Lipinski definition) is 2. The Hall–Kier alpha value is -1.55. The van der Waals surface area contributed by atoms with Crippen molar-refractivity contribution in [3.05, 3.63) is 40.9 Å². The molecule has 1 aromatic carbocycles. The minimum absolute atomic E-state index is 0. The van der Waals surface area contributed by atoms with Gasteiger partial charge in [0.2, 0.25) is 0 Å². The van der Waals surface area contributed by atoms with E-state index in [9.17, 15) is 0 Å². The van der Waals surface area contributed by atoms with Gasteiger partial charge in [-0.1, -0.05) is 43.5 Å². The number of hydrogen-bond acceptors (Lipinski definition) is 4. The zero-order valence-corrected chi connectivity index (χ0v) is 21.0. The van der Waals surface area contributed by atoms with E-state index in [1.165, 1.54) is 25.7 Å². The van der Waals surface area contributed by atoms with Crippen molar-refractivity contribution in [3.63, 3.8) is 0 Å². The van der Waals surface area contributed by atoms with Crippen LogP contribution < -0.4 is 15.4 Å². The van der Waals surface area contributed by atoms with Crippen LogP contribution in [-0.4, -0.2) is 39.4 Å². The molecule has 1 aliphatic carbocycles. The Balaban J connectivity index is 0.00000320. The van der Waals surface area contributed by atoms with Gasteiger partial charge in [-0.15, -0.1) is 34.2 Å². The summed E-state index contributed by atoms with van der Waals surface area (Å²) in [6.07, 6.45) is 5.73. The molecule has 1 saturated carbocycles. The molecule has 1 unspecified atom stereocenters. The molecule has 7 nitrogen and oxygen atoms in total. The average Bonchev–Trinajstić information content (AvgIpc) is 3.35. The molecule has 0 spiro atoms. The summed E-state index contributed by atoms with van der Waals surface area (Å²) >= 11 is 6.24. The Bertz CT molecular complexity index is 822. The fraction of sp³-hybridized carbons (Fsp3) is 0.571. The number of ether oxygens (including phenoxy) is 1. The molecule has 1 aromatic heterocycles. The summed E-state index contributed by atoms with van der Waals surface area (Å²) < 4.78 is 8.06.